The minimum Gasteiger partial charge on any atom is -0.346 e. The first-order valence-electron chi connectivity index (χ1n) is 9.80. The summed E-state index contributed by atoms with van der Waals surface area (Å²) >= 11 is 5.92. The Morgan fingerprint density at radius 3 is 2.45 bits per heavy atom. The molecule has 6 nitrogen and oxygen atoms in total. The minimum absolute atomic E-state index is 0.0859. The third-order valence-electron chi connectivity index (χ3n) is 5.07. The van der Waals surface area contributed by atoms with E-state index < -0.39 is 0 Å². The summed E-state index contributed by atoms with van der Waals surface area (Å²) in [5, 5.41) is 6.22. The van der Waals surface area contributed by atoms with Gasteiger partial charge in [-0.1, -0.05) is 48.0 Å². The van der Waals surface area contributed by atoms with Crippen LogP contribution in [0.15, 0.2) is 54.6 Å². The van der Waals surface area contributed by atoms with Gasteiger partial charge < -0.3 is 15.5 Å². The summed E-state index contributed by atoms with van der Waals surface area (Å²) in [7, 11) is 2.12. The predicted octanol–water partition coefficient (Wildman–Crippen LogP) is 2.17. The summed E-state index contributed by atoms with van der Waals surface area (Å²) in [6.45, 7) is 4.64. The van der Waals surface area contributed by atoms with E-state index in [4.69, 9.17) is 11.6 Å². The highest BCUT2D eigenvalue weighted by Crippen LogP contribution is 2.15. The Morgan fingerprint density at radius 2 is 1.76 bits per heavy atom. The number of hydrogen-bond acceptors (Lipinski definition) is 4. The van der Waals surface area contributed by atoms with Gasteiger partial charge in [-0.15, -0.1) is 0 Å². The number of carbonyl (C=O) groups excluding carboxylic acids is 2. The maximum atomic E-state index is 12.5. The summed E-state index contributed by atoms with van der Waals surface area (Å²) in [5.41, 5.74) is 1.49. The van der Waals surface area contributed by atoms with Crippen molar-refractivity contribution in [3.8, 4) is 0 Å². The van der Waals surface area contributed by atoms with Crippen LogP contribution < -0.4 is 10.6 Å². The molecule has 0 spiro atoms. The fourth-order valence-electron chi connectivity index (χ4n) is 3.35. The molecule has 1 unspecified atom stereocenters. The Kier molecular flexibility index (Phi) is 7.63. The third-order valence-corrected chi connectivity index (χ3v) is 5.31. The smallest absolute Gasteiger partial charge is 0.251 e. The second-order valence-electron chi connectivity index (χ2n) is 7.33. The highest BCUT2D eigenvalue weighted by molar-refractivity contribution is 6.30. The predicted molar refractivity (Wildman–Crippen MR) is 115 cm³/mol. The molecule has 0 radical (unpaired) electrons. The molecule has 0 bridgehead atoms. The minimum atomic E-state index is -0.321. The molecule has 0 aliphatic carbocycles. The SMILES string of the molecule is CN1CCN(CC(NC(=O)CNC(=O)c2cccc(Cl)c2)c2ccccc2)CC1. The molecule has 7 heteroatoms. The molecule has 1 saturated heterocycles. The molecule has 3 rings (SSSR count). The van der Waals surface area contributed by atoms with E-state index in [1.165, 1.54) is 0 Å². The largest absolute Gasteiger partial charge is 0.346 e. The van der Waals surface area contributed by atoms with Gasteiger partial charge in [0.2, 0.25) is 5.91 Å². The van der Waals surface area contributed by atoms with Crippen molar-refractivity contribution in [1.82, 2.24) is 20.4 Å². The van der Waals surface area contributed by atoms with Gasteiger partial charge in [0.1, 0.15) is 0 Å². The Hall–Kier alpha value is -2.41. The molecule has 0 aromatic heterocycles. The average molecular weight is 415 g/mol. The normalized spacial score (nSPS) is 16.2. The zero-order valence-electron chi connectivity index (χ0n) is 16.6. The van der Waals surface area contributed by atoms with Crippen molar-refractivity contribution in [1.29, 1.82) is 0 Å². The quantitative estimate of drug-likeness (QED) is 0.728. The second kappa shape index (κ2) is 10.4. The van der Waals surface area contributed by atoms with Crippen molar-refractivity contribution < 1.29 is 9.59 Å². The zero-order valence-corrected chi connectivity index (χ0v) is 17.4. The van der Waals surface area contributed by atoms with Gasteiger partial charge in [-0.2, -0.15) is 0 Å². The van der Waals surface area contributed by atoms with Crippen LogP contribution in [0.3, 0.4) is 0 Å². The first-order chi connectivity index (χ1) is 14.0. The summed E-state index contributed by atoms with van der Waals surface area (Å²) in [5.74, 6) is -0.540. The van der Waals surface area contributed by atoms with E-state index in [1.54, 1.807) is 24.3 Å². The fraction of sp³-hybridized carbons (Fsp3) is 0.364. The van der Waals surface area contributed by atoms with Gasteiger partial charge in [0.25, 0.3) is 5.91 Å². The Balaban J connectivity index is 1.58. The Bertz CT molecular complexity index is 823. The number of nitrogens with zero attached hydrogens (tertiary/aromatic N) is 2. The molecule has 1 heterocycles. The van der Waals surface area contributed by atoms with Gasteiger partial charge >= 0.3 is 0 Å². The van der Waals surface area contributed by atoms with Gasteiger partial charge in [-0.25, -0.2) is 0 Å². The molecule has 1 fully saturated rings. The van der Waals surface area contributed by atoms with E-state index in [-0.39, 0.29) is 24.4 Å². The topological polar surface area (TPSA) is 64.7 Å². The van der Waals surface area contributed by atoms with Crippen molar-refractivity contribution in [2.45, 2.75) is 6.04 Å². The molecular formula is C22H27ClN4O2. The number of benzene rings is 2. The summed E-state index contributed by atoms with van der Waals surface area (Å²) in [6, 6.07) is 16.5. The number of halogens is 1. The zero-order chi connectivity index (χ0) is 20.6. The number of likely N-dealkylation sites (N-methyl/N-ethyl adjacent to an activating group) is 1. The number of hydrogen-bond donors (Lipinski definition) is 2. The van der Waals surface area contributed by atoms with E-state index in [0.717, 1.165) is 38.3 Å². The number of carbonyl (C=O) groups is 2. The van der Waals surface area contributed by atoms with Crippen LogP contribution in [0.25, 0.3) is 0 Å². The maximum absolute atomic E-state index is 12.5. The number of nitrogens with one attached hydrogen (secondary N) is 2. The fourth-order valence-corrected chi connectivity index (χ4v) is 3.54. The van der Waals surface area contributed by atoms with Gasteiger partial charge in [-0.05, 0) is 30.8 Å². The third kappa shape index (κ3) is 6.56. The molecule has 1 atom stereocenters. The molecule has 2 amide bonds. The maximum Gasteiger partial charge on any atom is 0.251 e. The molecule has 2 N–H and O–H groups in total. The molecule has 0 saturated carbocycles. The lowest BCUT2D eigenvalue weighted by Gasteiger charge is -2.35. The van der Waals surface area contributed by atoms with E-state index >= 15 is 0 Å². The van der Waals surface area contributed by atoms with Crippen LogP contribution in [0, 0.1) is 0 Å². The first kappa shape index (κ1) is 21.3. The van der Waals surface area contributed by atoms with Crippen molar-refractivity contribution >= 4 is 23.4 Å². The van der Waals surface area contributed by atoms with Crippen LogP contribution >= 0.6 is 11.6 Å². The van der Waals surface area contributed by atoms with Gasteiger partial charge in [0, 0.05) is 43.3 Å². The molecule has 1 aliphatic heterocycles. The average Bonchev–Trinajstić information content (AvgIpc) is 2.73. The Labute approximate surface area is 176 Å². The highest BCUT2D eigenvalue weighted by Gasteiger charge is 2.21. The van der Waals surface area contributed by atoms with Crippen molar-refractivity contribution in [2.24, 2.45) is 0 Å². The summed E-state index contributed by atoms with van der Waals surface area (Å²) < 4.78 is 0. The number of piperazine rings is 1. The van der Waals surface area contributed by atoms with E-state index in [1.807, 2.05) is 30.3 Å². The molecule has 29 heavy (non-hydrogen) atoms. The Morgan fingerprint density at radius 1 is 1.03 bits per heavy atom. The van der Waals surface area contributed by atoms with Crippen molar-refractivity contribution in [3.05, 3.63) is 70.7 Å². The van der Waals surface area contributed by atoms with Gasteiger partial charge in [-0.3, -0.25) is 14.5 Å². The number of rotatable bonds is 7. The highest BCUT2D eigenvalue weighted by atomic mass is 35.5. The van der Waals surface area contributed by atoms with E-state index in [9.17, 15) is 9.59 Å². The number of amides is 2. The van der Waals surface area contributed by atoms with E-state index in [2.05, 4.69) is 27.5 Å². The van der Waals surface area contributed by atoms with Gasteiger partial charge in [0.15, 0.2) is 0 Å². The first-order valence-corrected chi connectivity index (χ1v) is 10.2. The monoisotopic (exact) mass is 414 g/mol. The van der Waals surface area contributed by atoms with Crippen LogP contribution in [-0.2, 0) is 4.79 Å². The summed E-state index contributed by atoms with van der Waals surface area (Å²) in [4.78, 5) is 29.5. The van der Waals surface area contributed by atoms with Crippen molar-refractivity contribution in [3.63, 3.8) is 0 Å². The van der Waals surface area contributed by atoms with E-state index in [0.29, 0.717) is 10.6 Å². The van der Waals surface area contributed by atoms with Crippen molar-refractivity contribution in [2.75, 3.05) is 46.3 Å². The molecular weight excluding hydrogens is 388 g/mol. The van der Waals surface area contributed by atoms with Crippen LogP contribution in [-0.4, -0.2) is 67.9 Å². The molecule has 1 aliphatic rings. The lowest BCUT2D eigenvalue weighted by molar-refractivity contribution is -0.121. The standard InChI is InChI=1S/C22H27ClN4O2/c1-26-10-12-27(13-11-26)16-20(17-6-3-2-4-7-17)25-21(28)15-24-22(29)18-8-5-9-19(23)14-18/h2-9,14,20H,10-13,15-16H2,1H3,(H,24,29)(H,25,28). The lowest BCUT2D eigenvalue weighted by Crippen LogP contribution is -2.48. The van der Waals surface area contributed by atoms with Crippen LogP contribution in [0.2, 0.25) is 5.02 Å². The van der Waals surface area contributed by atoms with Crippen LogP contribution in [0.4, 0.5) is 0 Å². The van der Waals surface area contributed by atoms with Gasteiger partial charge in [0.05, 0.1) is 12.6 Å². The second-order valence-corrected chi connectivity index (χ2v) is 7.76. The molecule has 154 valence electrons. The van der Waals surface area contributed by atoms with Crippen LogP contribution in [0.5, 0.6) is 0 Å². The van der Waals surface area contributed by atoms with Crippen LogP contribution in [0.1, 0.15) is 22.0 Å². The lowest BCUT2D eigenvalue weighted by atomic mass is 10.1. The summed E-state index contributed by atoms with van der Waals surface area (Å²) in [6.07, 6.45) is 0. The molecule has 2 aromatic rings. The molecule has 2 aromatic carbocycles.